The summed E-state index contributed by atoms with van der Waals surface area (Å²) >= 11 is 2.39. The summed E-state index contributed by atoms with van der Waals surface area (Å²) in [5, 5.41) is 7.24. The number of fused-ring (bicyclic) bond motifs is 5. The van der Waals surface area contributed by atoms with Gasteiger partial charge < -0.3 is 24.8 Å². The summed E-state index contributed by atoms with van der Waals surface area (Å²) in [4.78, 5) is 0. The van der Waals surface area contributed by atoms with Crippen LogP contribution in [-0.4, -0.2) is 21.9 Å². The average molecular weight is 513 g/mol. The summed E-state index contributed by atoms with van der Waals surface area (Å²) in [6.07, 6.45) is 0. The van der Waals surface area contributed by atoms with Gasteiger partial charge in [-0.1, -0.05) is 0 Å². The van der Waals surface area contributed by atoms with E-state index < -0.39 is 16.4 Å². The molecule has 0 fully saturated rings. The Kier molecular flexibility index (Phi) is 7.18. The first-order chi connectivity index (χ1) is 12.9. The molecule has 1 aliphatic heterocycles. The molecule has 0 aromatic heterocycles. The molecule has 0 bridgehead atoms. The summed E-state index contributed by atoms with van der Waals surface area (Å²) in [7, 11) is -3.31. The Morgan fingerprint density at radius 3 is 2.23 bits per heavy atom. The standard InChI is InChI=1S/C23H32NOSi2.2ClH.Ti/c1-9-27(8)21-17-14-15-12-10-11-13-16(15)18(17)20(25-26(5,6)7)19(22(21)27)24-23(2,3)4;;;/h10-14,24H,9H2,1-8H3;2*1H;/q;;;+2/p-2. The van der Waals surface area contributed by atoms with E-state index in [0.29, 0.717) is 4.22 Å². The van der Waals surface area contributed by atoms with Gasteiger partial charge in [0.05, 0.1) is 0 Å². The van der Waals surface area contributed by atoms with E-state index >= 15 is 0 Å². The molecule has 0 amide bonds. The van der Waals surface area contributed by atoms with E-state index in [1.807, 2.05) is 0 Å². The Morgan fingerprint density at radius 2 is 1.70 bits per heavy atom. The van der Waals surface area contributed by atoms with Gasteiger partial charge in [-0.05, 0) is 0 Å². The Bertz CT molecular complexity index is 985. The minimum atomic E-state index is -1.77. The molecule has 1 N–H and O–H groups in total. The third-order valence-corrected chi connectivity index (χ3v) is 12.1. The van der Waals surface area contributed by atoms with Crippen molar-refractivity contribution >= 4 is 32.5 Å². The van der Waals surface area contributed by atoms with E-state index in [0.717, 1.165) is 5.75 Å². The van der Waals surface area contributed by atoms with E-state index in [2.05, 4.69) is 104 Å². The Balaban J connectivity index is 0.00000160. The van der Waals surface area contributed by atoms with Gasteiger partial charge in [-0.15, -0.1) is 0 Å². The van der Waals surface area contributed by atoms with E-state index in [-0.39, 0.29) is 30.4 Å². The molecule has 2 aromatic carbocycles. The number of benzene rings is 2. The number of nitrogens with one attached hydrogen (secondary N) is 1. The predicted molar refractivity (Wildman–Crippen MR) is 122 cm³/mol. The largest absolute Gasteiger partial charge is 1.00 e. The first-order valence-electron chi connectivity index (χ1n) is 10.4. The van der Waals surface area contributed by atoms with E-state index in [4.69, 9.17) is 4.43 Å². The second-order valence-corrected chi connectivity index (χ2v) is 20.2. The molecule has 1 aliphatic carbocycles. The van der Waals surface area contributed by atoms with Crippen LogP contribution in [0.3, 0.4) is 0 Å². The van der Waals surface area contributed by atoms with Crippen LogP contribution < -0.4 is 44.9 Å². The maximum atomic E-state index is 6.88. The number of rotatable bonds is 4. The quantitative estimate of drug-likeness (QED) is 0.545. The third kappa shape index (κ3) is 4.09. The van der Waals surface area contributed by atoms with Gasteiger partial charge in [-0.25, -0.2) is 0 Å². The zero-order valence-electron chi connectivity index (χ0n) is 19.3. The topological polar surface area (TPSA) is 21.3 Å². The number of hydrogen-bond donors (Lipinski definition) is 1. The van der Waals surface area contributed by atoms with Crippen molar-refractivity contribution in [3.8, 4) is 16.9 Å². The molecular formula is C23H32Cl2NOSi2Ti. The smallest absolute Gasteiger partial charge is 1.00 e. The molecule has 2 aromatic rings. The number of halogens is 2. The maximum Gasteiger partial charge on any atom is -1.00 e. The Morgan fingerprint density at radius 1 is 1.10 bits per heavy atom. The Hall–Kier alpha value is -0.232. The van der Waals surface area contributed by atoms with Gasteiger partial charge in [-0.3, -0.25) is 0 Å². The van der Waals surface area contributed by atoms with Crippen LogP contribution in [0.1, 0.15) is 43.0 Å². The molecule has 7 heteroatoms. The predicted octanol–water partition coefficient (Wildman–Crippen LogP) is -0.739. The molecule has 0 radical (unpaired) electrons. The number of anilines is 1. The van der Waals surface area contributed by atoms with Gasteiger partial charge >= 0.3 is 185 Å². The first-order valence-corrected chi connectivity index (χ1v) is 17.4. The molecule has 0 spiro atoms. The summed E-state index contributed by atoms with van der Waals surface area (Å²) < 4.78 is 7.34. The van der Waals surface area contributed by atoms with Gasteiger partial charge in [0, 0.05) is 0 Å². The summed E-state index contributed by atoms with van der Waals surface area (Å²) in [6.45, 7) is 18.6. The molecule has 2 aliphatic rings. The van der Waals surface area contributed by atoms with Crippen molar-refractivity contribution in [3.63, 3.8) is 0 Å². The van der Waals surface area contributed by atoms with Crippen LogP contribution in [-0.2, 0) is 20.4 Å². The van der Waals surface area contributed by atoms with Crippen molar-refractivity contribution in [3.05, 3.63) is 35.4 Å². The average Bonchev–Trinajstić information content (AvgIpc) is 3.08. The fourth-order valence-corrected chi connectivity index (χ4v) is 10.6. The van der Waals surface area contributed by atoms with Crippen LogP contribution in [0.4, 0.5) is 5.69 Å². The zero-order valence-corrected chi connectivity index (χ0v) is 24.3. The molecule has 0 saturated carbocycles. The van der Waals surface area contributed by atoms with Gasteiger partial charge in [-0.2, -0.15) is 0 Å². The SMILES string of the molecule is CC[Si]1(C)c2c(NC(C)(C)C)c(O[Si](C)(C)C)c3c(c21)[CH]([Ti+2])c1ccccc1-3.[Cl-].[Cl-]. The molecule has 4 rings (SSSR count). The molecule has 2 unspecified atom stereocenters. The van der Waals surface area contributed by atoms with Crippen LogP contribution in [0.2, 0.25) is 32.2 Å². The van der Waals surface area contributed by atoms with Crippen molar-refractivity contribution in [1.82, 2.24) is 0 Å². The minimum Gasteiger partial charge on any atom is -1.00 e. The monoisotopic (exact) mass is 512 g/mol. The molecule has 2 atom stereocenters. The first kappa shape index (κ1) is 26.0. The fraction of sp³-hybridized carbons (Fsp3) is 0.478. The Labute approximate surface area is 208 Å². The summed E-state index contributed by atoms with van der Waals surface area (Å²) in [5.41, 5.74) is 7.14. The molecule has 1 heterocycles. The van der Waals surface area contributed by atoms with Gasteiger partial charge in [0.2, 0.25) is 0 Å². The van der Waals surface area contributed by atoms with E-state index in [1.165, 1.54) is 28.4 Å². The van der Waals surface area contributed by atoms with E-state index in [9.17, 15) is 0 Å². The molecule has 161 valence electrons. The molecule has 30 heavy (non-hydrogen) atoms. The third-order valence-electron chi connectivity index (χ3n) is 5.98. The van der Waals surface area contributed by atoms with Gasteiger partial charge in [0.25, 0.3) is 0 Å². The zero-order chi connectivity index (χ0) is 20.6. The summed E-state index contributed by atoms with van der Waals surface area (Å²) in [5.74, 6) is 1.14. The van der Waals surface area contributed by atoms with Crippen molar-refractivity contribution < 1.29 is 49.7 Å². The number of hydrogen-bond acceptors (Lipinski definition) is 2. The summed E-state index contributed by atoms with van der Waals surface area (Å²) in [6, 6.07) is 10.2. The van der Waals surface area contributed by atoms with Crippen LogP contribution >= 0.6 is 0 Å². The normalized spacial score (nSPS) is 20.9. The molecular weight excluding hydrogens is 481 g/mol. The second-order valence-electron chi connectivity index (χ2n) is 10.5. The van der Waals surface area contributed by atoms with Gasteiger partial charge in [0.15, 0.2) is 0 Å². The molecule has 0 saturated heterocycles. The van der Waals surface area contributed by atoms with Crippen molar-refractivity contribution in [2.24, 2.45) is 0 Å². The fourth-order valence-electron chi connectivity index (χ4n) is 4.68. The second kappa shape index (κ2) is 8.28. The van der Waals surface area contributed by atoms with Crippen LogP contribution in [0, 0.1) is 0 Å². The van der Waals surface area contributed by atoms with Crippen molar-refractivity contribution in [2.75, 3.05) is 5.32 Å². The maximum absolute atomic E-state index is 6.88. The van der Waals surface area contributed by atoms with E-state index in [1.54, 1.807) is 15.9 Å². The van der Waals surface area contributed by atoms with Gasteiger partial charge in [0.1, 0.15) is 0 Å². The van der Waals surface area contributed by atoms with Crippen LogP contribution in [0.5, 0.6) is 5.75 Å². The minimum absolute atomic E-state index is 0. The van der Waals surface area contributed by atoms with Crippen molar-refractivity contribution in [2.45, 2.75) is 69.7 Å². The molecule has 2 nitrogen and oxygen atoms in total. The van der Waals surface area contributed by atoms with Crippen LogP contribution in [0.25, 0.3) is 11.1 Å². The van der Waals surface area contributed by atoms with Crippen LogP contribution in [0.15, 0.2) is 24.3 Å². The van der Waals surface area contributed by atoms with Crippen molar-refractivity contribution in [1.29, 1.82) is 0 Å².